The van der Waals surface area contributed by atoms with Crippen molar-refractivity contribution in [2.24, 2.45) is 5.73 Å². The number of hydrogen-bond donors (Lipinski definition) is 4. The Kier molecular flexibility index (Phi) is 3.28. The maximum absolute atomic E-state index is 7.35. The van der Waals surface area contributed by atoms with Crippen molar-refractivity contribution in [2.45, 2.75) is 6.54 Å². The predicted molar refractivity (Wildman–Crippen MR) is 54.7 cm³/mol. The summed E-state index contributed by atoms with van der Waals surface area (Å²) >= 11 is 0. The van der Waals surface area contributed by atoms with Gasteiger partial charge in [0.05, 0.1) is 0 Å². The van der Waals surface area contributed by atoms with Gasteiger partial charge in [-0.3, -0.25) is 5.41 Å². The molecule has 13 heavy (non-hydrogen) atoms. The Balaban J connectivity index is 2.71. The van der Waals surface area contributed by atoms with Gasteiger partial charge in [-0.05, 0) is 17.7 Å². The molecule has 5 N–H and O–H groups in total. The van der Waals surface area contributed by atoms with Gasteiger partial charge < -0.3 is 16.4 Å². The van der Waals surface area contributed by atoms with Crippen LogP contribution < -0.4 is 16.4 Å². The molecule has 0 atom stereocenters. The van der Waals surface area contributed by atoms with E-state index < -0.39 is 0 Å². The lowest BCUT2D eigenvalue weighted by Crippen LogP contribution is -2.25. The minimum Gasteiger partial charge on any atom is -0.359 e. The summed E-state index contributed by atoms with van der Waals surface area (Å²) in [6.45, 7) is 0.516. The van der Waals surface area contributed by atoms with Gasteiger partial charge in [0.1, 0.15) is 0 Å². The van der Waals surface area contributed by atoms with Crippen LogP contribution in [-0.2, 0) is 6.54 Å². The molecular formula is C9H14N4. The highest BCUT2D eigenvalue weighted by Gasteiger charge is 1.95. The van der Waals surface area contributed by atoms with Gasteiger partial charge >= 0.3 is 0 Å². The molecule has 0 saturated heterocycles. The van der Waals surface area contributed by atoms with E-state index in [-0.39, 0.29) is 5.96 Å². The Morgan fingerprint density at radius 2 is 2.31 bits per heavy atom. The van der Waals surface area contributed by atoms with E-state index in [4.69, 9.17) is 11.1 Å². The van der Waals surface area contributed by atoms with Gasteiger partial charge in [0, 0.05) is 19.3 Å². The molecule has 4 heteroatoms. The molecule has 0 spiro atoms. The number of anilines is 1. The third kappa shape index (κ3) is 2.76. The van der Waals surface area contributed by atoms with Crippen LogP contribution in [0.2, 0.25) is 0 Å². The number of rotatable bonds is 2. The summed E-state index contributed by atoms with van der Waals surface area (Å²) in [6.07, 6.45) is 0. The van der Waals surface area contributed by atoms with E-state index in [1.165, 1.54) is 0 Å². The van der Waals surface area contributed by atoms with Gasteiger partial charge in [-0.2, -0.15) is 0 Å². The van der Waals surface area contributed by atoms with Gasteiger partial charge in [0.15, 0.2) is 5.96 Å². The molecule has 1 aromatic carbocycles. The average molecular weight is 178 g/mol. The highest BCUT2D eigenvalue weighted by atomic mass is 15.1. The smallest absolute Gasteiger partial charge is 0.192 e. The predicted octanol–water partition coefficient (Wildman–Crippen LogP) is 0.711. The molecule has 0 radical (unpaired) electrons. The SMILES string of the molecule is CNC(=N)Nc1cccc(CN)c1. The summed E-state index contributed by atoms with van der Waals surface area (Å²) in [6, 6.07) is 7.68. The van der Waals surface area contributed by atoms with Crippen molar-refractivity contribution in [3.8, 4) is 0 Å². The zero-order chi connectivity index (χ0) is 9.68. The Hall–Kier alpha value is -1.55. The molecule has 1 aromatic rings. The molecule has 0 bridgehead atoms. The Bertz CT molecular complexity index is 295. The molecule has 4 nitrogen and oxygen atoms in total. The van der Waals surface area contributed by atoms with E-state index in [1.54, 1.807) is 7.05 Å². The zero-order valence-electron chi connectivity index (χ0n) is 7.59. The van der Waals surface area contributed by atoms with E-state index in [0.717, 1.165) is 11.3 Å². The molecule has 0 amide bonds. The first-order chi connectivity index (χ1) is 6.26. The maximum atomic E-state index is 7.35. The molecule has 0 saturated carbocycles. The van der Waals surface area contributed by atoms with E-state index in [0.29, 0.717) is 6.54 Å². The van der Waals surface area contributed by atoms with Crippen LogP contribution in [0.5, 0.6) is 0 Å². The van der Waals surface area contributed by atoms with Crippen LogP contribution in [0, 0.1) is 5.41 Å². The standard InChI is InChI=1S/C9H14N4/c1-12-9(11)13-8-4-2-3-7(5-8)6-10/h2-5H,6,10H2,1H3,(H3,11,12,13). The molecule has 0 aliphatic heterocycles. The van der Waals surface area contributed by atoms with Crippen LogP contribution >= 0.6 is 0 Å². The van der Waals surface area contributed by atoms with E-state index in [9.17, 15) is 0 Å². The first-order valence-corrected chi connectivity index (χ1v) is 4.08. The molecule has 0 fully saturated rings. The molecule has 0 aliphatic rings. The van der Waals surface area contributed by atoms with Crippen molar-refractivity contribution in [3.05, 3.63) is 29.8 Å². The maximum Gasteiger partial charge on any atom is 0.192 e. The van der Waals surface area contributed by atoms with Gasteiger partial charge in [0.2, 0.25) is 0 Å². The second-order valence-electron chi connectivity index (χ2n) is 2.65. The number of hydrogen-bond acceptors (Lipinski definition) is 2. The topological polar surface area (TPSA) is 73.9 Å². The lowest BCUT2D eigenvalue weighted by molar-refractivity contribution is 1.07. The number of guanidine groups is 1. The second kappa shape index (κ2) is 4.47. The van der Waals surface area contributed by atoms with Crippen LogP contribution in [0.4, 0.5) is 5.69 Å². The minimum atomic E-state index is 0.272. The van der Waals surface area contributed by atoms with Crippen LogP contribution in [-0.4, -0.2) is 13.0 Å². The summed E-state index contributed by atoms with van der Waals surface area (Å²) < 4.78 is 0. The molecule has 70 valence electrons. The van der Waals surface area contributed by atoms with E-state index in [1.807, 2.05) is 24.3 Å². The highest BCUT2D eigenvalue weighted by Crippen LogP contribution is 2.09. The van der Waals surface area contributed by atoms with E-state index in [2.05, 4.69) is 10.6 Å². The highest BCUT2D eigenvalue weighted by molar-refractivity contribution is 5.90. The molecule has 0 unspecified atom stereocenters. The van der Waals surface area contributed by atoms with Gasteiger partial charge in [-0.1, -0.05) is 12.1 Å². The van der Waals surface area contributed by atoms with Gasteiger partial charge in [-0.25, -0.2) is 0 Å². The quantitative estimate of drug-likeness (QED) is 0.398. The monoisotopic (exact) mass is 178 g/mol. The lowest BCUT2D eigenvalue weighted by atomic mass is 10.2. The second-order valence-corrected chi connectivity index (χ2v) is 2.65. The molecular weight excluding hydrogens is 164 g/mol. The van der Waals surface area contributed by atoms with Crippen molar-refractivity contribution in [1.29, 1.82) is 5.41 Å². The minimum absolute atomic E-state index is 0.272. The number of benzene rings is 1. The fourth-order valence-corrected chi connectivity index (χ4v) is 0.983. The van der Waals surface area contributed by atoms with Crippen LogP contribution in [0.1, 0.15) is 5.56 Å². The Labute approximate surface area is 77.7 Å². The first-order valence-electron chi connectivity index (χ1n) is 4.08. The third-order valence-electron chi connectivity index (χ3n) is 1.68. The summed E-state index contributed by atoms with van der Waals surface area (Å²) in [7, 11) is 1.70. The summed E-state index contributed by atoms with van der Waals surface area (Å²) in [5, 5.41) is 12.9. The molecule has 0 heterocycles. The van der Waals surface area contributed by atoms with Crippen LogP contribution in [0.25, 0.3) is 0 Å². The van der Waals surface area contributed by atoms with E-state index >= 15 is 0 Å². The first kappa shape index (κ1) is 9.54. The summed E-state index contributed by atoms with van der Waals surface area (Å²) in [4.78, 5) is 0. The van der Waals surface area contributed by atoms with Crippen molar-refractivity contribution >= 4 is 11.6 Å². The van der Waals surface area contributed by atoms with Crippen molar-refractivity contribution in [2.75, 3.05) is 12.4 Å². The fraction of sp³-hybridized carbons (Fsp3) is 0.222. The van der Waals surface area contributed by atoms with Gasteiger partial charge in [0.25, 0.3) is 0 Å². The van der Waals surface area contributed by atoms with Crippen molar-refractivity contribution in [1.82, 2.24) is 5.32 Å². The largest absolute Gasteiger partial charge is 0.359 e. The van der Waals surface area contributed by atoms with Gasteiger partial charge in [-0.15, -0.1) is 0 Å². The van der Waals surface area contributed by atoms with Crippen LogP contribution in [0.3, 0.4) is 0 Å². The molecule has 1 rings (SSSR count). The third-order valence-corrected chi connectivity index (χ3v) is 1.68. The fourth-order valence-electron chi connectivity index (χ4n) is 0.983. The molecule has 0 aliphatic carbocycles. The average Bonchev–Trinajstić information content (AvgIpc) is 2.18. The normalized spacial score (nSPS) is 9.38. The Morgan fingerprint density at radius 3 is 2.92 bits per heavy atom. The van der Waals surface area contributed by atoms with Crippen molar-refractivity contribution in [3.63, 3.8) is 0 Å². The lowest BCUT2D eigenvalue weighted by Gasteiger charge is -2.07. The number of nitrogens with two attached hydrogens (primary N) is 1. The Morgan fingerprint density at radius 1 is 1.54 bits per heavy atom. The molecule has 0 aromatic heterocycles. The summed E-state index contributed by atoms with van der Waals surface area (Å²) in [5.41, 5.74) is 7.41. The summed E-state index contributed by atoms with van der Waals surface area (Å²) in [5.74, 6) is 0.272. The van der Waals surface area contributed by atoms with Crippen molar-refractivity contribution < 1.29 is 0 Å². The van der Waals surface area contributed by atoms with Crippen LogP contribution in [0.15, 0.2) is 24.3 Å². The number of nitrogens with one attached hydrogen (secondary N) is 3. The zero-order valence-corrected chi connectivity index (χ0v) is 7.59.